The number of nitrogens with one attached hydrogen (secondary N) is 1. The van der Waals surface area contributed by atoms with Crippen LogP contribution in [0.15, 0.2) is 23.1 Å². The molecule has 1 aliphatic rings. The number of hydrogen-bond donors (Lipinski definition) is 1. The molecule has 1 fully saturated rings. The molecule has 0 radical (unpaired) electrons. The maximum atomic E-state index is 12.4. The minimum atomic E-state index is -3.48. The second-order valence-corrected chi connectivity index (χ2v) is 6.78. The first-order valence-electron chi connectivity index (χ1n) is 6.00. The first kappa shape index (κ1) is 14.6. The van der Waals surface area contributed by atoms with E-state index in [9.17, 15) is 8.42 Å². The molecule has 1 N–H and O–H groups in total. The molecule has 1 unspecified atom stereocenters. The summed E-state index contributed by atoms with van der Waals surface area (Å²) in [6, 6.07) is 4.74. The van der Waals surface area contributed by atoms with E-state index in [1.807, 2.05) is 7.05 Å². The normalized spacial score (nSPS) is 20.7. The third kappa shape index (κ3) is 2.86. The molecule has 1 aromatic carbocycles. The van der Waals surface area contributed by atoms with Crippen LogP contribution in [-0.4, -0.2) is 46.0 Å². The van der Waals surface area contributed by atoms with E-state index in [1.54, 1.807) is 6.07 Å². The standard InChI is InChI=1S/C12H17ClN2O3S/c1-14-9-5-6-15(8-9)19(16,17)10-3-4-12(18-2)11(13)7-10/h3-4,7,9,14H,5-6,8H2,1-2H3. The van der Waals surface area contributed by atoms with Gasteiger partial charge in [-0.3, -0.25) is 0 Å². The monoisotopic (exact) mass is 304 g/mol. The number of rotatable bonds is 4. The summed E-state index contributed by atoms with van der Waals surface area (Å²) in [6.45, 7) is 1.01. The third-order valence-corrected chi connectivity index (χ3v) is 5.48. The zero-order valence-corrected chi connectivity index (χ0v) is 12.5. The van der Waals surface area contributed by atoms with E-state index in [2.05, 4.69) is 5.32 Å². The van der Waals surface area contributed by atoms with Crippen LogP contribution < -0.4 is 10.1 Å². The molecule has 106 valence electrons. The lowest BCUT2D eigenvalue weighted by Crippen LogP contribution is -2.33. The number of likely N-dealkylation sites (N-methyl/N-ethyl adjacent to an activating group) is 1. The van der Waals surface area contributed by atoms with Gasteiger partial charge in [-0.25, -0.2) is 8.42 Å². The lowest BCUT2D eigenvalue weighted by atomic mass is 10.3. The van der Waals surface area contributed by atoms with E-state index in [4.69, 9.17) is 16.3 Å². The number of hydrogen-bond acceptors (Lipinski definition) is 4. The molecule has 0 aliphatic carbocycles. The zero-order chi connectivity index (χ0) is 14.0. The molecular formula is C12H17ClN2O3S. The summed E-state index contributed by atoms with van der Waals surface area (Å²) in [5.41, 5.74) is 0. The Morgan fingerprint density at radius 3 is 2.74 bits per heavy atom. The number of sulfonamides is 1. The number of benzene rings is 1. The van der Waals surface area contributed by atoms with Gasteiger partial charge in [0.1, 0.15) is 5.75 Å². The predicted molar refractivity (Wildman–Crippen MR) is 74.2 cm³/mol. The number of methoxy groups -OCH3 is 1. The molecule has 0 spiro atoms. The summed E-state index contributed by atoms with van der Waals surface area (Å²) in [4.78, 5) is 0.204. The molecular weight excluding hydrogens is 288 g/mol. The Hall–Kier alpha value is -0.820. The topological polar surface area (TPSA) is 58.6 Å². The van der Waals surface area contributed by atoms with E-state index in [0.29, 0.717) is 23.9 Å². The van der Waals surface area contributed by atoms with Crippen LogP contribution in [-0.2, 0) is 10.0 Å². The highest BCUT2D eigenvalue weighted by molar-refractivity contribution is 7.89. The zero-order valence-electron chi connectivity index (χ0n) is 10.9. The van der Waals surface area contributed by atoms with E-state index >= 15 is 0 Å². The van der Waals surface area contributed by atoms with Crippen molar-refractivity contribution in [3.8, 4) is 5.75 Å². The van der Waals surface area contributed by atoms with E-state index in [-0.39, 0.29) is 10.9 Å². The van der Waals surface area contributed by atoms with Gasteiger partial charge in [-0.2, -0.15) is 4.31 Å². The van der Waals surface area contributed by atoms with Crippen LogP contribution in [0, 0.1) is 0 Å². The maximum Gasteiger partial charge on any atom is 0.243 e. The van der Waals surface area contributed by atoms with Crippen LogP contribution in [0.3, 0.4) is 0 Å². The van der Waals surface area contributed by atoms with Gasteiger partial charge in [-0.1, -0.05) is 11.6 Å². The molecule has 1 saturated heterocycles. The largest absolute Gasteiger partial charge is 0.495 e. The molecule has 1 atom stereocenters. The van der Waals surface area contributed by atoms with Crippen molar-refractivity contribution in [2.75, 3.05) is 27.2 Å². The fourth-order valence-electron chi connectivity index (χ4n) is 2.14. The minimum absolute atomic E-state index is 0.204. The molecule has 2 rings (SSSR count). The van der Waals surface area contributed by atoms with Gasteiger partial charge in [-0.05, 0) is 31.7 Å². The molecule has 0 saturated carbocycles. The van der Waals surface area contributed by atoms with Crippen LogP contribution in [0.2, 0.25) is 5.02 Å². The summed E-state index contributed by atoms with van der Waals surface area (Å²) in [6.07, 6.45) is 0.819. The number of ether oxygens (including phenoxy) is 1. The molecule has 19 heavy (non-hydrogen) atoms. The average Bonchev–Trinajstić information content (AvgIpc) is 2.88. The SMILES string of the molecule is CNC1CCN(S(=O)(=O)c2ccc(OC)c(Cl)c2)C1. The van der Waals surface area contributed by atoms with Crippen LogP contribution in [0.5, 0.6) is 5.75 Å². The Balaban J connectivity index is 2.27. The quantitative estimate of drug-likeness (QED) is 0.912. The van der Waals surface area contributed by atoms with Crippen molar-refractivity contribution in [1.82, 2.24) is 9.62 Å². The van der Waals surface area contributed by atoms with Gasteiger partial charge in [0.25, 0.3) is 0 Å². The first-order valence-corrected chi connectivity index (χ1v) is 7.82. The highest BCUT2D eigenvalue weighted by Crippen LogP contribution is 2.29. The Bertz CT molecular complexity index is 562. The van der Waals surface area contributed by atoms with Crippen molar-refractivity contribution in [2.24, 2.45) is 0 Å². The lowest BCUT2D eigenvalue weighted by molar-refractivity contribution is 0.414. The fraction of sp³-hybridized carbons (Fsp3) is 0.500. The van der Waals surface area contributed by atoms with Gasteiger partial charge in [0.15, 0.2) is 0 Å². The van der Waals surface area contributed by atoms with Crippen LogP contribution in [0.25, 0.3) is 0 Å². The highest BCUT2D eigenvalue weighted by atomic mass is 35.5. The predicted octanol–water partition coefficient (Wildman–Crippen LogP) is 1.33. The molecule has 1 aliphatic heterocycles. The van der Waals surface area contributed by atoms with Crippen molar-refractivity contribution in [3.63, 3.8) is 0 Å². The molecule has 7 heteroatoms. The summed E-state index contributed by atoms with van der Waals surface area (Å²) >= 11 is 5.98. The van der Waals surface area contributed by atoms with Crippen LogP contribution in [0.1, 0.15) is 6.42 Å². The van der Waals surface area contributed by atoms with Crippen molar-refractivity contribution in [1.29, 1.82) is 0 Å². The van der Waals surface area contributed by atoms with Gasteiger partial charge in [0, 0.05) is 19.1 Å². The fourth-order valence-corrected chi connectivity index (χ4v) is 3.99. The molecule has 1 aromatic rings. The van der Waals surface area contributed by atoms with Crippen LogP contribution in [0.4, 0.5) is 0 Å². The number of halogens is 1. The molecule has 0 amide bonds. The molecule has 5 nitrogen and oxygen atoms in total. The average molecular weight is 305 g/mol. The second kappa shape index (κ2) is 5.66. The van der Waals surface area contributed by atoms with E-state index in [0.717, 1.165) is 6.42 Å². The van der Waals surface area contributed by atoms with E-state index in [1.165, 1.54) is 23.5 Å². The van der Waals surface area contributed by atoms with Crippen molar-refractivity contribution in [2.45, 2.75) is 17.4 Å². The summed E-state index contributed by atoms with van der Waals surface area (Å²) in [5.74, 6) is 0.468. The molecule has 0 aromatic heterocycles. The van der Waals surface area contributed by atoms with Gasteiger partial charge < -0.3 is 10.1 Å². The number of nitrogens with zero attached hydrogens (tertiary/aromatic N) is 1. The van der Waals surface area contributed by atoms with Crippen LogP contribution >= 0.6 is 11.6 Å². The highest BCUT2D eigenvalue weighted by Gasteiger charge is 2.32. The molecule has 0 bridgehead atoms. The smallest absolute Gasteiger partial charge is 0.243 e. The summed E-state index contributed by atoms with van der Waals surface area (Å²) < 4.78 is 31.4. The molecule has 1 heterocycles. The van der Waals surface area contributed by atoms with E-state index < -0.39 is 10.0 Å². The Kier molecular flexibility index (Phi) is 4.35. The van der Waals surface area contributed by atoms with Gasteiger partial charge in [0.05, 0.1) is 17.0 Å². The van der Waals surface area contributed by atoms with Crippen molar-refractivity contribution in [3.05, 3.63) is 23.2 Å². The third-order valence-electron chi connectivity index (χ3n) is 3.32. The first-order chi connectivity index (χ1) is 8.98. The van der Waals surface area contributed by atoms with Crippen molar-refractivity contribution < 1.29 is 13.2 Å². The van der Waals surface area contributed by atoms with Crippen molar-refractivity contribution >= 4 is 21.6 Å². The maximum absolute atomic E-state index is 12.4. The van der Waals surface area contributed by atoms with Gasteiger partial charge in [0.2, 0.25) is 10.0 Å². The minimum Gasteiger partial charge on any atom is -0.495 e. The Morgan fingerprint density at radius 2 is 2.21 bits per heavy atom. The van der Waals surface area contributed by atoms with Gasteiger partial charge in [-0.15, -0.1) is 0 Å². The Labute approximate surface area is 118 Å². The lowest BCUT2D eigenvalue weighted by Gasteiger charge is -2.17. The van der Waals surface area contributed by atoms with Gasteiger partial charge >= 0.3 is 0 Å². The summed E-state index contributed by atoms with van der Waals surface area (Å²) in [7, 11) is -0.144. The second-order valence-electron chi connectivity index (χ2n) is 4.43. The Morgan fingerprint density at radius 1 is 1.47 bits per heavy atom. The summed E-state index contributed by atoms with van der Waals surface area (Å²) in [5, 5.41) is 3.39.